The van der Waals surface area contributed by atoms with Gasteiger partial charge in [0.15, 0.2) is 0 Å². The Labute approximate surface area is 156 Å². The summed E-state index contributed by atoms with van der Waals surface area (Å²) >= 11 is 12.3. The van der Waals surface area contributed by atoms with Crippen LogP contribution in [0.4, 0.5) is 0 Å². The van der Waals surface area contributed by atoms with E-state index in [2.05, 4.69) is 10.4 Å². The molecule has 2 aliphatic rings. The Morgan fingerprint density at radius 3 is 2.84 bits per heavy atom. The standard InChI is InChI=1S/C18H19Cl2N3O2/c19-13-3-4-16(15(20)7-13)23-17(12-1-2-12)14(9-22-23)18(24)21-8-11-5-6-25-10-11/h3-4,7,9,11-12H,1-2,5-6,8,10H2,(H,21,24). The van der Waals surface area contributed by atoms with Gasteiger partial charge in [0.2, 0.25) is 0 Å². The molecule has 1 aromatic heterocycles. The van der Waals surface area contributed by atoms with E-state index in [1.165, 1.54) is 0 Å². The average molecular weight is 380 g/mol. The van der Waals surface area contributed by atoms with Crippen molar-refractivity contribution in [3.8, 4) is 5.69 Å². The fourth-order valence-corrected chi connectivity index (χ4v) is 3.69. The second kappa shape index (κ2) is 6.98. The highest BCUT2D eigenvalue weighted by atomic mass is 35.5. The molecule has 2 aromatic rings. The third-order valence-electron chi connectivity index (χ3n) is 4.73. The van der Waals surface area contributed by atoms with Crippen molar-refractivity contribution in [2.24, 2.45) is 5.92 Å². The van der Waals surface area contributed by atoms with Crippen LogP contribution in [0.15, 0.2) is 24.4 Å². The largest absolute Gasteiger partial charge is 0.381 e. The molecule has 0 bridgehead atoms. The Balaban J connectivity index is 1.60. The van der Waals surface area contributed by atoms with Gasteiger partial charge < -0.3 is 10.1 Å². The lowest BCUT2D eigenvalue weighted by Crippen LogP contribution is -2.30. The second-order valence-corrected chi connectivity index (χ2v) is 7.51. The van der Waals surface area contributed by atoms with Crippen molar-refractivity contribution in [1.82, 2.24) is 15.1 Å². The molecule has 5 nitrogen and oxygen atoms in total. The summed E-state index contributed by atoms with van der Waals surface area (Å²) in [5.74, 6) is 0.670. The Kier molecular flexibility index (Phi) is 4.71. The summed E-state index contributed by atoms with van der Waals surface area (Å²) in [6.07, 6.45) is 4.76. The van der Waals surface area contributed by atoms with E-state index >= 15 is 0 Å². The van der Waals surface area contributed by atoms with Crippen LogP contribution in [0, 0.1) is 5.92 Å². The predicted molar refractivity (Wildman–Crippen MR) is 96.8 cm³/mol. The van der Waals surface area contributed by atoms with Gasteiger partial charge in [0.1, 0.15) is 0 Å². The predicted octanol–water partition coefficient (Wildman–Crippen LogP) is 3.82. The van der Waals surface area contributed by atoms with E-state index < -0.39 is 0 Å². The second-order valence-electron chi connectivity index (χ2n) is 6.66. The summed E-state index contributed by atoms with van der Waals surface area (Å²) in [4.78, 5) is 12.7. The number of rotatable bonds is 5. The number of benzene rings is 1. The number of carbonyl (C=O) groups is 1. The zero-order valence-corrected chi connectivity index (χ0v) is 15.2. The molecule has 1 atom stereocenters. The first-order valence-corrected chi connectivity index (χ1v) is 9.28. The van der Waals surface area contributed by atoms with Crippen LogP contribution in [0.2, 0.25) is 10.0 Å². The maximum absolute atomic E-state index is 12.7. The summed E-state index contributed by atoms with van der Waals surface area (Å²) in [6, 6.07) is 5.30. The van der Waals surface area contributed by atoms with Gasteiger partial charge in [-0.3, -0.25) is 4.79 Å². The quantitative estimate of drug-likeness (QED) is 0.858. The third-order valence-corrected chi connectivity index (χ3v) is 5.27. The van der Waals surface area contributed by atoms with Gasteiger partial charge in [-0.25, -0.2) is 4.68 Å². The smallest absolute Gasteiger partial charge is 0.254 e. The Bertz CT molecular complexity index is 796. The molecule has 4 rings (SSSR count). The Morgan fingerprint density at radius 2 is 2.16 bits per heavy atom. The lowest BCUT2D eigenvalue weighted by molar-refractivity contribution is 0.0944. The van der Waals surface area contributed by atoms with Crippen molar-refractivity contribution >= 4 is 29.1 Å². The van der Waals surface area contributed by atoms with Crippen LogP contribution >= 0.6 is 23.2 Å². The highest BCUT2D eigenvalue weighted by Crippen LogP contribution is 2.43. The van der Waals surface area contributed by atoms with E-state index in [-0.39, 0.29) is 5.91 Å². The molecular formula is C18H19Cl2N3O2. The number of aromatic nitrogens is 2. The van der Waals surface area contributed by atoms with Crippen LogP contribution in [0.3, 0.4) is 0 Å². The SMILES string of the molecule is O=C(NCC1CCOC1)c1cnn(-c2ccc(Cl)cc2Cl)c1C1CC1. The minimum Gasteiger partial charge on any atom is -0.381 e. The molecule has 1 saturated carbocycles. The monoisotopic (exact) mass is 379 g/mol. The van der Waals surface area contributed by atoms with Crippen LogP contribution in [0.1, 0.15) is 41.2 Å². The normalized spacial score (nSPS) is 20.0. The molecule has 0 radical (unpaired) electrons. The van der Waals surface area contributed by atoms with Gasteiger partial charge in [-0.2, -0.15) is 5.10 Å². The van der Waals surface area contributed by atoms with Crippen molar-refractivity contribution in [3.63, 3.8) is 0 Å². The van der Waals surface area contributed by atoms with Crippen LogP contribution in [0.25, 0.3) is 5.69 Å². The minimum atomic E-state index is -0.0786. The van der Waals surface area contributed by atoms with Crippen LogP contribution in [-0.2, 0) is 4.74 Å². The fraction of sp³-hybridized carbons (Fsp3) is 0.444. The minimum absolute atomic E-state index is 0.0786. The summed E-state index contributed by atoms with van der Waals surface area (Å²) < 4.78 is 7.14. The maximum atomic E-state index is 12.7. The maximum Gasteiger partial charge on any atom is 0.254 e. The molecule has 1 N–H and O–H groups in total. The van der Waals surface area contributed by atoms with Gasteiger partial charge >= 0.3 is 0 Å². The molecule has 2 heterocycles. The van der Waals surface area contributed by atoms with Gasteiger partial charge in [-0.15, -0.1) is 0 Å². The first-order valence-electron chi connectivity index (χ1n) is 8.53. The van der Waals surface area contributed by atoms with E-state index in [4.69, 9.17) is 27.9 Å². The first kappa shape index (κ1) is 16.9. The molecule has 1 saturated heterocycles. The molecule has 1 unspecified atom stereocenters. The topological polar surface area (TPSA) is 56.1 Å². The number of hydrogen-bond acceptors (Lipinski definition) is 3. The van der Waals surface area contributed by atoms with Crippen molar-refractivity contribution in [2.75, 3.05) is 19.8 Å². The summed E-state index contributed by atoms with van der Waals surface area (Å²) in [6.45, 7) is 2.13. The molecular weight excluding hydrogens is 361 g/mol. The molecule has 25 heavy (non-hydrogen) atoms. The molecule has 1 aliphatic heterocycles. The van der Waals surface area contributed by atoms with Crippen LogP contribution in [0.5, 0.6) is 0 Å². The van der Waals surface area contributed by atoms with Gasteiger partial charge in [0, 0.05) is 30.0 Å². The highest BCUT2D eigenvalue weighted by Gasteiger charge is 2.33. The van der Waals surface area contributed by atoms with Crippen molar-refractivity contribution in [1.29, 1.82) is 0 Å². The van der Waals surface area contributed by atoms with Crippen molar-refractivity contribution < 1.29 is 9.53 Å². The van der Waals surface area contributed by atoms with E-state index in [1.54, 1.807) is 23.0 Å². The number of carbonyl (C=O) groups excluding carboxylic acids is 1. The number of hydrogen-bond donors (Lipinski definition) is 1. The molecule has 7 heteroatoms. The van der Waals surface area contributed by atoms with Gasteiger partial charge in [0.05, 0.1) is 34.8 Å². The first-order chi connectivity index (χ1) is 12.1. The highest BCUT2D eigenvalue weighted by molar-refractivity contribution is 6.35. The van der Waals surface area contributed by atoms with Crippen LogP contribution in [-0.4, -0.2) is 35.4 Å². The summed E-state index contributed by atoms with van der Waals surface area (Å²) in [7, 11) is 0. The van der Waals surface area contributed by atoms with Gasteiger partial charge in [0.25, 0.3) is 5.91 Å². The number of ether oxygens (including phenoxy) is 1. The Hall–Kier alpha value is -1.56. The van der Waals surface area contributed by atoms with Crippen LogP contribution < -0.4 is 5.32 Å². The number of halogens is 2. The van der Waals surface area contributed by atoms with E-state index in [9.17, 15) is 4.79 Å². The Morgan fingerprint density at radius 1 is 1.32 bits per heavy atom. The van der Waals surface area contributed by atoms with Gasteiger partial charge in [-0.1, -0.05) is 23.2 Å². The molecule has 132 valence electrons. The molecule has 1 aliphatic carbocycles. The number of nitrogens with zero attached hydrogens (tertiary/aromatic N) is 2. The lowest BCUT2D eigenvalue weighted by Gasteiger charge is -2.12. The molecule has 1 amide bonds. The van der Waals surface area contributed by atoms with E-state index in [0.29, 0.717) is 34.0 Å². The zero-order chi connectivity index (χ0) is 17.4. The van der Waals surface area contributed by atoms with Gasteiger partial charge in [-0.05, 0) is 37.5 Å². The van der Waals surface area contributed by atoms with Crippen molar-refractivity contribution in [3.05, 3.63) is 45.7 Å². The van der Waals surface area contributed by atoms with E-state index in [0.717, 1.165) is 43.9 Å². The lowest BCUT2D eigenvalue weighted by atomic mass is 10.1. The van der Waals surface area contributed by atoms with E-state index in [1.807, 2.05) is 6.07 Å². The molecule has 1 aromatic carbocycles. The fourth-order valence-electron chi connectivity index (χ4n) is 3.20. The summed E-state index contributed by atoms with van der Waals surface area (Å²) in [5, 5.41) is 8.56. The molecule has 2 fully saturated rings. The summed E-state index contributed by atoms with van der Waals surface area (Å²) in [5.41, 5.74) is 2.31. The molecule has 0 spiro atoms. The van der Waals surface area contributed by atoms with Crippen molar-refractivity contribution in [2.45, 2.75) is 25.2 Å². The number of nitrogens with one attached hydrogen (secondary N) is 1. The number of amides is 1. The zero-order valence-electron chi connectivity index (χ0n) is 13.7. The average Bonchev–Trinajstić information content (AvgIpc) is 3.12. The third kappa shape index (κ3) is 3.54.